The van der Waals surface area contributed by atoms with Crippen molar-refractivity contribution >= 4 is 41.6 Å². The van der Waals surface area contributed by atoms with Crippen LogP contribution < -0.4 is 38.9 Å². The van der Waals surface area contributed by atoms with Gasteiger partial charge in [0, 0.05) is 13.0 Å². The van der Waals surface area contributed by atoms with Gasteiger partial charge in [-0.15, -0.1) is 0 Å². The second-order valence-corrected chi connectivity index (χ2v) is 8.39. The van der Waals surface area contributed by atoms with Crippen LogP contribution in [0.25, 0.3) is 0 Å². The van der Waals surface area contributed by atoms with Gasteiger partial charge in [-0.2, -0.15) is 0 Å². The SMILES string of the molecule is NCCCCC(N)C(=O)NC(CCCN=C(N)N)C(=O)NC(CCC(=O)O)C(=O)NC(CC(=O)O)C(=O)O. The molecule has 0 aliphatic rings. The van der Waals surface area contributed by atoms with E-state index in [0.29, 0.717) is 25.8 Å². The fourth-order valence-corrected chi connectivity index (χ4v) is 3.15. The number of unbranched alkanes of at least 4 members (excludes halogenated alkanes) is 1. The first-order chi connectivity index (χ1) is 17.8. The minimum atomic E-state index is -1.83. The van der Waals surface area contributed by atoms with Crippen LogP contribution in [0, 0.1) is 0 Å². The second kappa shape index (κ2) is 18.3. The summed E-state index contributed by atoms with van der Waals surface area (Å²) in [7, 11) is 0. The molecule has 0 aromatic heterocycles. The molecule has 0 aliphatic heterocycles. The summed E-state index contributed by atoms with van der Waals surface area (Å²) < 4.78 is 0. The number of nitrogens with two attached hydrogens (primary N) is 4. The Labute approximate surface area is 218 Å². The lowest BCUT2D eigenvalue weighted by Crippen LogP contribution is -2.57. The summed E-state index contributed by atoms with van der Waals surface area (Å²) in [4.78, 5) is 75.3. The average Bonchev–Trinajstić information content (AvgIpc) is 2.82. The fourth-order valence-electron chi connectivity index (χ4n) is 3.15. The lowest BCUT2D eigenvalue weighted by Gasteiger charge is -2.25. The van der Waals surface area contributed by atoms with Crippen LogP contribution in [-0.4, -0.2) is 94.2 Å². The van der Waals surface area contributed by atoms with Crippen molar-refractivity contribution < 1.29 is 44.1 Å². The number of rotatable bonds is 20. The smallest absolute Gasteiger partial charge is 0.326 e. The van der Waals surface area contributed by atoms with Crippen LogP contribution in [-0.2, 0) is 28.8 Å². The van der Waals surface area contributed by atoms with E-state index in [2.05, 4.69) is 15.6 Å². The van der Waals surface area contributed by atoms with E-state index in [-0.39, 0.29) is 25.3 Å². The number of carboxylic acid groups (broad SMARTS) is 3. The average molecular weight is 547 g/mol. The fraction of sp³-hybridized carbons (Fsp3) is 0.667. The summed E-state index contributed by atoms with van der Waals surface area (Å²) in [5.41, 5.74) is 21.9. The Kier molecular flexibility index (Phi) is 16.4. The molecule has 4 atom stereocenters. The van der Waals surface area contributed by atoms with Crippen molar-refractivity contribution in [2.75, 3.05) is 13.1 Å². The van der Waals surface area contributed by atoms with Gasteiger partial charge >= 0.3 is 17.9 Å². The van der Waals surface area contributed by atoms with Crippen LogP contribution in [0.1, 0.15) is 51.4 Å². The van der Waals surface area contributed by atoms with E-state index >= 15 is 0 Å². The molecular formula is C21H38N8O9. The van der Waals surface area contributed by atoms with E-state index in [1.54, 1.807) is 0 Å². The molecule has 14 N–H and O–H groups in total. The third kappa shape index (κ3) is 15.2. The second-order valence-electron chi connectivity index (χ2n) is 8.39. The molecule has 0 fully saturated rings. The first-order valence-corrected chi connectivity index (χ1v) is 11.9. The maximum Gasteiger partial charge on any atom is 0.326 e. The van der Waals surface area contributed by atoms with Gasteiger partial charge in [0.1, 0.15) is 18.1 Å². The maximum atomic E-state index is 13.0. The number of amides is 3. The molecule has 216 valence electrons. The zero-order valence-corrected chi connectivity index (χ0v) is 20.9. The van der Waals surface area contributed by atoms with Crippen molar-refractivity contribution in [3.63, 3.8) is 0 Å². The van der Waals surface area contributed by atoms with E-state index in [0.717, 1.165) is 0 Å². The first-order valence-electron chi connectivity index (χ1n) is 11.9. The number of carbonyl (C=O) groups excluding carboxylic acids is 3. The number of aliphatic carboxylic acids is 3. The quantitative estimate of drug-likeness (QED) is 0.0401. The highest BCUT2D eigenvalue weighted by Crippen LogP contribution is 2.06. The number of hydrogen-bond acceptors (Lipinski definition) is 9. The zero-order chi connectivity index (χ0) is 29.3. The number of carbonyl (C=O) groups is 6. The lowest BCUT2D eigenvalue weighted by molar-refractivity contribution is -0.147. The Morgan fingerprint density at radius 2 is 1.26 bits per heavy atom. The normalized spacial score (nSPS) is 13.7. The Morgan fingerprint density at radius 3 is 1.76 bits per heavy atom. The van der Waals surface area contributed by atoms with E-state index < -0.39 is 79.1 Å². The van der Waals surface area contributed by atoms with Gasteiger partial charge in [0.25, 0.3) is 0 Å². The molecule has 4 unspecified atom stereocenters. The number of nitrogens with one attached hydrogen (secondary N) is 3. The molecule has 38 heavy (non-hydrogen) atoms. The van der Waals surface area contributed by atoms with Gasteiger partial charge in [0.2, 0.25) is 17.7 Å². The van der Waals surface area contributed by atoms with E-state index in [4.69, 9.17) is 33.1 Å². The number of carboxylic acids is 3. The summed E-state index contributed by atoms with van der Waals surface area (Å²) >= 11 is 0. The highest BCUT2D eigenvalue weighted by atomic mass is 16.4. The number of nitrogens with zero attached hydrogens (tertiary/aromatic N) is 1. The van der Waals surface area contributed by atoms with Gasteiger partial charge < -0.3 is 54.2 Å². The third-order valence-corrected chi connectivity index (χ3v) is 5.16. The first kappa shape index (κ1) is 34.0. The largest absolute Gasteiger partial charge is 0.481 e. The van der Waals surface area contributed by atoms with Crippen molar-refractivity contribution in [2.24, 2.45) is 27.9 Å². The van der Waals surface area contributed by atoms with Gasteiger partial charge in [0.05, 0.1) is 12.5 Å². The summed E-state index contributed by atoms with van der Waals surface area (Å²) in [6.07, 6.45) is -0.226. The van der Waals surface area contributed by atoms with Crippen molar-refractivity contribution in [2.45, 2.75) is 75.5 Å². The molecule has 0 spiro atoms. The summed E-state index contributed by atoms with van der Waals surface area (Å²) in [5.74, 6) is -7.28. The van der Waals surface area contributed by atoms with Crippen LogP contribution in [0.2, 0.25) is 0 Å². The van der Waals surface area contributed by atoms with E-state index in [1.165, 1.54) is 0 Å². The number of guanidine groups is 1. The number of aliphatic imine (C=N–C) groups is 1. The zero-order valence-electron chi connectivity index (χ0n) is 20.9. The Bertz CT molecular complexity index is 864. The lowest BCUT2D eigenvalue weighted by atomic mass is 10.1. The minimum Gasteiger partial charge on any atom is -0.481 e. The van der Waals surface area contributed by atoms with E-state index in [9.17, 15) is 33.9 Å². The van der Waals surface area contributed by atoms with Crippen molar-refractivity contribution in [3.05, 3.63) is 0 Å². The highest BCUT2D eigenvalue weighted by Gasteiger charge is 2.31. The van der Waals surface area contributed by atoms with E-state index in [1.807, 2.05) is 5.32 Å². The molecule has 0 heterocycles. The van der Waals surface area contributed by atoms with Gasteiger partial charge in [-0.05, 0) is 38.6 Å². The Hall–Kier alpha value is -3.99. The molecule has 0 aromatic rings. The molecule has 0 aromatic carbocycles. The van der Waals surface area contributed by atoms with Gasteiger partial charge in [0.15, 0.2) is 5.96 Å². The van der Waals surface area contributed by atoms with Crippen LogP contribution in [0.5, 0.6) is 0 Å². The predicted molar refractivity (Wildman–Crippen MR) is 133 cm³/mol. The van der Waals surface area contributed by atoms with Crippen molar-refractivity contribution in [3.8, 4) is 0 Å². The molecule has 0 aliphatic carbocycles. The molecule has 0 rings (SSSR count). The molecular weight excluding hydrogens is 508 g/mol. The predicted octanol–water partition coefficient (Wildman–Crippen LogP) is -3.63. The van der Waals surface area contributed by atoms with Crippen LogP contribution in [0.4, 0.5) is 0 Å². The summed E-state index contributed by atoms with van der Waals surface area (Å²) in [6.45, 7) is 0.530. The molecule has 17 heteroatoms. The van der Waals surface area contributed by atoms with Crippen molar-refractivity contribution in [1.29, 1.82) is 0 Å². The highest BCUT2D eigenvalue weighted by molar-refractivity contribution is 5.94. The topological polar surface area (TPSA) is 316 Å². The van der Waals surface area contributed by atoms with Crippen LogP contribution >= 0.6 is 0 Å². The van der Waals surface area contributed by atoms with Gasteiger partial charge in [-0.1, -0.05) is 6.42 Å². The molecule has 0 saturated carbocycles. The summed E-state index contributed by atoms with van der Waals surface area (Å²) in [5, 5.41) is 33.8. The molecule has 0 saturated heterocycles. The Morgan fingerprint density at radius 1 is 0.711 bits per heavy atom. The maximum absolute atomic E-state index is 13.0. The molecule has 0 bridgehead atoms. The molecule has 17 nitrogen and oxygen atoms in total. The van der Waals surface area contributed by atoms with Gasteiger partial charge in [-0.3, -0.25) is 29.0 Å². The molecule has 3 amide bonds. The van der Waals surface area contributed by atoms with Crippen molar-refractivity contribution in [1.82, 2.24) is 16.0 Å². The van der Waals surface area contributed by atoms with Crippen LogP contribution in [0.15, 0.2) is 4.99 Å². The monoisotopic (exact) mass is 546 g/mol. The standard InChI is InChI=1S/C21H38N8O9/c22-8-2-1-4-11(23)17(34)27-12(5-3-9-26-21(24)25)18(35)28-13(6-7-15(30)31)19(36)29-14(20(37)38)10-16(32)33/h11-14H,1-10,22-23H2,(H,27,34)(H,28,35)(H,29,36)(H,30,31)(H,32,33)(H,37,38)(H4,24,25,26). The molecule has 0 radical (unpaired) electrons. The van der Waals surface area contributed by atoms with Crippen LogP contribution in [0.3, 0.4) is 0 Å². The van der Waals surface area contributed by atoms with Gasteiger partial charge in [-0.25, -0.2) is 4.79 Å². The third-order valence-electron chi connectivity index (χ3n) is 5.16. The summed E-state index contributed by atoms with van der Waals surface area (Å²) in [6, 6.07) is -5.56. The minimum absolute atomic E-state index is 0.00785. The number of hydrogen-bond donors (Lipinski definition) is 10. The Balaban J connectivity index is 5.66.